The highest BCUT2D eigenvalue weighted by Crippen LogP contribution is 2.31. The maximum atomic E-state index is 12.1. The Balaban J connectivity index is 1.67. The average molecular weight is 311 g/mol. The predicted octanol–water partition coefficient (Wildman–Crippen LogP) is 2.43. The SMILES string of the molecule is Cc1ccc2c(c1)NC(=O)C(CC(=O)Nc1cccc(C)n1)O2. The van der Waals surface area contributed by atoms with Crippen LogP contribution in [0.1, 0.15) is 17.7 Å². The molecule has 0 saturated carbocycles. The summed E-state index contributed by atoms with van der Waals surface area (Å²) in [5, 5.41) is 5.44. The van der Waals surface area contributed by atoms with Gasteiger partial charge in [-0.3, -0.25) is 9.59 Å². The number of anilines is 2. The van der Waals surface area contributed by atoms with Crippen LogP contribution in [-0.2, 0) is 9.59 Å². The normalized spacial score (nSPS) is 16.1. The molecule has 2 aromatic rings. The summed E-state index contributed by atoms with van der Waals surface area (Å²) in [5.74, 6) is 0.387. The Morgan fingerprint density at radius 2 is 2.13 bits per heavy atom. The van der Waals surface area contributed by atoms with Gasteiger partial charge in [-0.15, -0.1) is 0 Å². The highest BCUT2D eigenvalue weighted by Gasteiger charge is 2.29. The minimum Gasteiger partial charge on any atom is -0.478 e. The molecule has 1 unspecified atom stereocenters. The lowest BCUT2D eigenvalue weighted by Crippen LogP contribution is -2.39. The van der Waals surface area contributed by atoms with Gasteiger partial charge < -0.3 is 15.4 Å². The first-order chi connectivity index (χ1) is 11.0. The number of pyridine rings is 1. The van der Waals surface area contributed by atoms with Crippen molar-refractivity contribution < 1.29 is 14.3 Å². The fraction of sp³-hybridized carbons (Fsp3) is 0.235. The Labute approximate surface area is 133 Å². The van der Waals surface area contributed by atoms with E-state index in [1.165, 1.54) is 0 Å². The molecule has 0 radical (unpaired) electrons. The monoisotopic (exact) mass is 311 g/mol. The van der Waals surface area contributed by atoms with Crippen LogP contribution in [0.25, 0.3) is 0 Å². The molecule has 1 aliphatic heterocycles. The topological polar surface area (TPSA) is 80.3 Å². The summed E-state index contributed by atoms with van der Waals surface area (Å²) in [5.41, 5.74) is 2.46. The number of hydrogen-bond donors (Lipinski definition) is 2. The maximum absolute atomic E-state index is 12.1. The van der Waals surface area contributed by atoms with Gasteiger partial charge in [-0.25, -0.2) is 4.98 Å². The number of amides is 2. The molecule has 1 atom stereocenters. The molecule has 2 amide bonds. The van der Waals surface area contributed by atoms with Gasteiger partial charge in [0.25, 0.3) is 5.91 Å². The number of nitrogens with zero attached hydrogens (tertiary/aromatic N) is 1. The van der Waals surface area contributed by atoms with E-state index in [-0.39, 0.29) is 18.2 Å². The molecule has 1 aliphatic rings. The number of hydrogen-bond acceptors (Lipinski definition) is 4. The van der Waals surface area contributed by atoms with Gasteiger partial charge in [0, 0.05) is 5.69 Å². The van der Waals surface area contributed by atoms with E-state index in [1.807, 2.05) is 32.0 Å². The largest absolute Gasteiger partial charge is 0.478 e. The standard InChI is InChI=1S/C17H17N3O3/c1-10-6-7-13-12(8-10)19-17(22)14(23-13)9-16(21)20-15-5-3-4-11(2)18-15/h3-8,14H,9H2,1-2H3,(H,19,22)(H,18,20,21). The summed E-state index contributed by atoms with van der Waals surface area (Å²) in [4.78, 5) is 28.4. The first-order valence-electron chi connectivity index (χ1n) is 7.33. The lowest BCUT2D eigenvalue weighted by molar-refractivity contribution is -0.128. The second-order valence-corrected chi connectivity index (χ2v) is 5.51. The highest BCUT2D eigenvalue weighted by atomic mass is 16.5. The molecule has 0 bridgehead atoms. The predicted molar refractivity (Wildman–Crippen MR) is 86.4 cm³/mol. The van der Waals surface area contributed by atoms with Crippen molar-refractivity contribution in [3.63, 3.8) is 0 Å². The van der Waals surface area contributed by atoms with E-state index in [0.717, 1.165) is 11.3 Å². The molecule has 0 spiro atoms. The second-order valence-electron chi connectivity index (χ2n) is 5.51. The van der Waals surface area contributed by atoms with E-state index < -0.39 is 6.10 Å². The summed E-state index contributed by atoms with van der Waals surface area (Å²) in [7, 11) is 0. The van der Waals surface area contributed by atoms with E-state index in [1.54, 1.807) is 18.2 Å². The Kier molecular flexibility index (Phi) is 3.97. The van der Waals surface area contributed by atoms with Crippen molar-refractivity contribution in [1.82, 2.24) is 4.98 Å². The van der Waals surface area contributed by atoms with E-state index >= 15 is 0 Å². The van der Waals surface area contributed by atoms with Gasteiger partial charge in [-0.2, -0.15) is 0 Å². The van der Waals surface area contributed by atoms with Crippen LogP contribution in [0.5, 0.6) is 5.75 Å². The summed E-state index contributed by atoms with van der Waals surface area (Å²) in [6.45, 7) is 3.77. The Bertz CT molecular complexity index is 773. The first kappa shape index (κ1) is 15.0. The average Bonchev–Trinajstić information content (AvgIpc) is 2.48. The van der Waals surface area contributed by atoms with Crippen LogP contribution >= 0.6 is 0 Å². The summed E-state index contributed by atoms with van der Waals surface area (Å²) in [6, 6.07) is 10.9. The van der Waals surface area contributed by atoms with E-state index in [9.17, 15) is 9.59 Å². The molecule has 0 aliphatic carbocycles. The summed E-state index contributed by atoms with van der Waals surface area (Å²) in [6.07, 6.45) is -0.926. The summed E-state index contributed by atoms with van der Waals surface area (Å²) >= 11 is 0. The van der Waals surface area contributed by atoms with Crippen LogP contribution in [-0.4, -0.2) is 22.9 Å². The molecule has 118 valence electrons. The fourth-order valence-electron chi connectivity index (χ4n) is 2.37. The van der Waals surface area contributed by atoms with Crippen molar-refractivity contribution in [2.75, 3.05) is 10.6 Å². The van der Waals surface area contributed by atoms with Crippen LogP contribution in [0.2, 0.25) is 0 Å². The zero-order valence-corrected chi connectivity index (χ0v) is 12.9. The molecule has 6 heteroatoms. The van der Waals surface area contributed by atoms with Crippen LogP contribution in [0.4, 0.5) is 11.5 Å². The Morgan fingerprint density at radius 1 is 1.30 bits per heavy atom. The number of carbonyl (C=O) groups excluding carboxylic acids is 2. The highest BCUT2D eigenvalue weighted by molar-refractivity contribution is 6.01. The van der Waals surface area contributed by atoms with Crippen molar-refractivity contribution in [3.8, 4) is 5.75 Å². The zero-order chi connectivity index (χ0) is 16.4. The van der Waals surface area contributed by atoms with Gasteiger partial charge in [-0.05, 0) is 43.7 Å². The number of benzene rings is 1. The van der Waals surface area contributed by atoms with Crippen molar-refractivity contribution in [2.24, 2.45) is 0 Å². The van der Waals surface area contributed by atoms with Gasteiger partial charge in [0.1, 0.15) is 11.6 Å². The number of aromatic nitrogens is 1. The number of carbonyl (C=O) groups is 2. The maximum Gasteiger partial charge on any atom is 0.266 e. The van der Waals surface area contributed by atoms with Crippen molar-refractivity contribution >= 4 is 23.3 Å². The lowest BCUT2D eigenvalue weighted by Gasteiger charge is -2.25. The second kappa shape index (κ2) is 6.08. The molecule has 1 aromatic heterocycles. The van der Waals surface area contributed by atoms with Gasteiger partial charge in [0.05, 0.1) is 12.1 Å². The Morgan fingerprint density at radius 3 is 2.91 bits per heavy atom. The first-order valence-corrected chi connectivity index (χ1v) is 7.33. The molecule has 6 nitrogen and oxygen atoms in total. The van der Waals surface area contributed by atoms with Crippen molar-refractivity contribution in [1.29, 1.82) is 0 Å². The quantitative estimate of drug-likeness (QED) is 0.912. The fourth-order valence-corrected chi connectivity index (χ4v) is 2.37. The molecule has 3 rings (SSSR count). The number of nitrogens with one attached hydrogen (secondary N) is 2. The van der Waals surface area contributed by atoms with Crippen LogP contribution in [0, 0.1) is 13.8 Å². The molecular weight excluding hydrogens is 294 g/mol. The van der Waals surface area contributed by atoms with Gasteiger partial charge in [0.15, 0.2) is 6.10 Å². The number of fused-ring (bicyclic) bond motifs is 1. The van der Waals surface area contributed by atoms with Gasteiger partial charge in [-0.1, -0.05) is 12.1 Å². The number of rotatable bonds is 3. The minimum atomic E-state index is -0.852. The molecule has 0 saturated heterocycles. The molecule has 23 heavy (non-hydrogen) atoms. The van der Waals surface area contributed by atoms with Crippen LogP contribution < -0.4 is 15.4 Å². The molecule has 2 heterocycles. The molecule has 2 N–H and O–H groups in total. The van der Waals surface area contributed by atoms with E-state index in [4.69, 9.17) is 4.74 Å². The number of ether oxygens (including phenoxy) is 1. The third-order valence-corrected chi connectivity index (χ3v) is 3.48. The lowest BCUT2D eigenvalue weighted by atomic mass is 10.1. The smallest absolute Gasteiger partial charge is 0.266 e. The van der Waals surface area contributed by atoms with Crippen molar-refractivity contribution in [2.45, 2.75) is 26.4 Å². The summed E-state index contributed by atoms with van der Waals surface area (Å²) < 4.78 is 5.64. The van der Waals surface area contributed by atoms with E-state index in [0.29, 0.717) is 17.3 Å². The van der Waals surface area contributed by atoms with Crippen molar-refractivity contribution in [3.05, 3.63) is 47.7 Å². The molecule has 1 aromatic carbocycles. The zero-order valence-electron chi connectivity index (χ0n) is 12.9. The third-order valence-electron chi connectivity index (χ3n) is 3.48. The molecule has 0 fully saturated rings. The Hall–Kier alpha value is -2.89. The number of aryl methyl sites for hydroxylation is 2. The molecular formula is C17H17N3O3. The van der Waals surface area contributed by atoms with E-state index in [2.05, 4.69) is 15.6 Å². The van der Waals surface area contributed by atoms with Crippen LogP contribution in [0.3, 0.4) is 0 Å². The minimum absolute atomic E-state index is 0.0746. The third kappa shape index (κ3) is 3.48. The van der Waals surface area contributed by atoms with Crippen LogP contribution in [0.15, 0.2) is 36.4 Å². The van der Waals surface area contributed by atoms with Gasteiger partial charge >= 0.3 is 0 Å². The van der Waals surface area contributed by atoms with Gasteiger partial charge in [0.2, 0.25) is 5.91 Å².